The number of aryl methyl sites for hydroxylation is 1. The number of benzene rings is 1. The molecule has 76 valence electrons. The molecule has 15 heavy (non-hydrogen) atoms. The maximum atomic E-state index is 9.10. The number of fused-ring (bicyclic) bond motifs is 1. The zero-order chi connectivity index (χ0) is 11.0. The Morgan fingerprint density at radius 2 is 2.07 bits per heavy atom. The molecular weight excluding hydrogens is 186 g/mol. The Balaban J connectivity index is 2.89. The first-order valence-electron chi connectivity index (χ1n) is 5.07. The highest BCUT2D eigenvalue weighted by atomic mass is 16.3. The topological polar surface area (TPSA) is 36.9 Å². The molecule has 2 aromatic rings. The molecule has 0 N–H and O–H groups in total. The third-order valence-corrected chi connectivity index (χ3v) is 2.66. The fourth-order valence-corrected chi connectivity index (χ4v) is 1.91. The third kappa shape index (κ3) is 1.41. The summed E-state index contributed by atoms with van der Waals surface area (Å²) in [7, 11) is 0. The predicted molar refractivity (Wildman–Crippen MR) is 59.8 cm³/mol. The Bertz CT molecular complexity index is 543. The van der Waals surface area contributed by atoms with Crippen molar-refractivity contribution in [2.24, 2.45) is 0 Å². The summed E-state index contributed by atoms with van der Waals surface area (Å²) in [5.41, 5.74) is 2.67. The van der Waals surface area contributed by atoms with E-state index >= 15 is 0 Å². The van der Waals surface area contributed by atoms with Crippen LogP contribution in [0.5, 0.6) is 0 Å². The Hall–Kier alpha value is -1.75. The molecule has 0 spiro atoms. The van der Waals surface area contributed by atoms with E-state index in [2.05, 4.69) is 26.0 Å². The number of hydrogen-bond acceptors (Lipinski definition) is 2. The molecule has 0 radical (unpaired) electrons. The van der Waals surface area contributed by atoms with Crippen molar-refractivity contribution in [2.45, 2.75) is 26.7 Å². The summed E-state index contributed by atoms with van der Waals surface area (Å²) in [6.45, 7) is 6.08. The molecule has 0 bridgehead atoms. The Morgan fingerprint density at radius 1 is 1.33 bits per heavy atom. The van der Waals surface area contributed by atoms with E-state index in [-0.39, 0.29) is 0 Å². The smallest absolute Gasteiger partial charge is 0.135 e. The van der Waals surface area contributed by atoms with Crippen molar-refractivity contribution in [3.05, 3.63) is 35.1 Å². The van der Waals surface area contributed by atoms with Gasteiger partial charge in [0, 0.05) is 5.39 Å². The predicted octanol–water partition coefficient (Wildman–Crippen LogP) is 3.74. The molecule has 0 atom stereocenters. The first-order chi connectivity index (χ1) is 7.15. The Morgan fingerprint density at radius 3 is 2.67 bits per heavy atom. The minimum atomic E-state index is 0.401. The zero-order valence-electron chi connectivity index (χ0n) is 9.16. The van der Waals surface area contributed by atoms with Gasteiger partial charge in [-0.1, -0.05) is 26.0 Å². The number of hydrogen-bond donors (Lipinski definition) is 0. The fraction of sp³-hybridized carbons (Fsp3) is 0.308. The lowest BCUT2D eigenvalue weighted by molar-refractivity contribution is 0.577. The molecule has 1 aromatic heterocycles. The van der Waals surface area contributed by atoms with Gasteiger partial charge in [0.2, 0.25) is 0 Å². The van der Waals surface area contributed by atoms with E-state index in [9.17, 15) is 0 Å². The van der Waals surface area contributed by atoms with Crippen LogP contribution in [0.4, 0.5) is 0 Å². The largest absolute Gasteiger partial charge is 0.460 e. The van der Waals surface area contributed by atoms with Crippen molar-refractivity contribution in [1.82, 2.24) is 0 Å². The van der Waals surface area contributed by atoms with Crippen LogP contribution < -0.4 is 0 Å². The number of nitriles is 1. The Kier molecular flexibility index (Phi) is 2.24. The van der Waals surface area contributed by atoms with E-state index in [1.807, 2.05) is 19.1 Å². The van der Waals surface area contributed by atoms with Gasteiger partial charge in [-0.25, -0.2) is 0 Å². The maximum absolute atomic E-state index is 9.10. The summed E-state index contributed by atoms with van der Waals surface area (Å²) in [5.74, 6) is 1.11. The number of nitrogens with zero attached hydrogens (tertiary/aromatic N) is 1. The molecule has 0 aliphatic carbocycles. The number of furan rings is 1. The third-order valence-electron chi connectivity index (χ3n) is 2.66. The second kappa shape index (κ2) is 3.43. The van der Waals surface area contributed by atoms with Crippen LogP contribution in [0.2, 0.25) is 0 Å². The first kappa shape index (κ1) is 9.79. The van der Waals surface area contributed by atoms with E-state index in [0.717, 1.165) is 11.0 Å². The highest BCUT2D eigenvalue weighted by Crippen LogP contribution is 2.31. The second-order valence-electron chi connectivity index (χ2n) is 4.02. The lowest BCUT2D eigenvalue weighted by Gasteiger charge is -2.05. The summed E-state index contributed by atoms with van der Waals surface area (Å²) in [4.78, 5) is 0. The second-order valence-corrected chi connectivity index (χ2v) is 4.02. The van der Waals surface area contributed by atoms with E-state index in [1.54, 1.807) is 0 Å². The van der Waals surface area contributed by atoms with E-state index in [1.165, 1.54) is 5.56 Å². The lowest BCUT2D eigenvalue weighted by atomic mass is 9.97. The van der Waals surface area contributed by atoms with Crippen molar-refractivity contribution in [3.63, 3.8) is 0 Å². The molecule has 0 aliphatic rings. The summed E-state index contributed by atoms with van der Waals surface area (Å²) in [5, 5.41) is 10.1. The molecule has 2 nitrogen and oxygen atoms in total. The monoisotopic (exact) mass is 199 g/mol. The highest BCUT2D eigenvalue weighted by molar-refractivity contribution is 5.88. The van der Waals surface area contributed by atoms with Crippen LogP contribution in [0.1, 0.15) is 36.7 Å². The van der Waals surface area contributed by atoms with Gasteiger partial charge >= 0.3 is 0 Å². The van der Waals surface area contributed by atoms with Gasteiger partial charge in [-0.05, 0) is 24.5 Å². The van der Waals surface area contributed by atoms with Crippen molar-refractivity contribution < 1.29 is 4.42 Å². The van der Waals surface area contributed by atoms with Gasteiger partial charge in [0.05, 0.1) is 0 Å². The van der Waals surface area contributed by atoms with Crippen molar-refractivity contribution >= 4 is 11.0 Å². The van der Waals surface area contributed by atoms with Crippen LogP contribution in [0.3, 0.4) is 0 Å². The standard InChI is InChI=1S/C13H13NO/c1-8(2)10-5-4-6-12-13(10)11(7-14)9(3)15-12/h4-6,8H,1-3H3. The molecule has 0 aliphatic heterocycles. The van der Waals surface area contributed by atoms with Crippen LogP contribution in [0, 0.1) is 18.3 Å². The molecular formula is C13H13NO. The van der Waals surface area contributed by atoms with Crippen LogP contribution in [-0.2, 0) is 0 Å². The summed E-state index contributed by atoms with van der Waals surface area (Å²) < 4.78 is 5.56. The van der Waals surface area contributed by atoms with Gasteiger partial charge in [0.1, 0.15) is 23.0 Å². The SMILES string of the molecule is Cc1oc2cccc(C(C)C)c2c1C#N. The molecule has 2 heteroatoms. The van der Waals surface area contributed by atoms with Crippen LogP contribution in [-0.4, -0.2) is 0 Å². The van der Waals surface area contributed by atoms with Gasteiger partial charge in [0.15, 0.2) is 0 Å². The first-order valence-corrected chi connectivity index (χ1v) is 5.07. The fourth-order valence-electron chi connectivity index (χ4n) is 1.91. The van der Waals surface area contributed by atoms with Gasteiger partial charge in [-0.2, -0.15) is 5.26 Å². The van der Waals surface area contributed by atoms with Gasteiger partial charge in [0.25, 0.3) is 0 Å². The molecule has 0 fully saturated rings. The number of rotatable bonds is 1. The highest BCUT2D eigenvalue weighted by Gasteiger charge is 2.15. The van der Waals surface area contributed by atoms with Crippen molar-refractivity contribution in [1.29, 1.82) is 5.26 Å². The summed E-state index contributed by atoms with van der Waals surface area (Å²) in [6, 6.07) is 8.16. The van der Waals surface area contributed by atoms with Crippen LogP contribution >= 0.6 is 0 Å². The quantitative estimate of drug-likeness (QED) is 0.701. The van der Waals surface area contributed by atoms with Crippen molar-refractivity contribution in [3.8, 4) is 6.07 Å². The zero-order valence-corrected chi connectivity index (χ0v) is 9.16. The average Bonchev–Trinajstić information content (AvgIpc) is 2.52. The van der Waals surface area contributed by atoms with E-state index in [0.29, 0.717) is 17.2 Å². The lowest BCUT2D eigenvalue weighted by Crippen LogP contribution is -1.89. The van der Waals surface area contributed by atoms with Crippen LogP contribution in [0.25, 0.3) is 11.0 Å². The van der Waals surface area contributed by atoms with Crippen LogP contribution in [0.15, 0.2) is 22.6 Å². The van der Waals surface area contributed by atoms with Gasteiger partial charge < -0.3 is 4.42 Å². The molecule has 0 saturated heterocycles. The van der Waals surface area contributed by atoms with E-state index in [4.69, 9.17) is 9.68 Å². The maximum Gasteiger partial charge on any atom is 0.135 e. The molecule has 0 unspecified atom stereocenters. The molecule has 1 aromatic carbocycles. The summed E-state index contributed by atoms with van der Waals surface area (Å²) >= 11 is 0. The molecule has 1 heterocycles. The minimum Gasteiger partial charge on any atom is -0.460 e. The molecule has 0 amide bonds. The molecule has 0 saturated carbocycles. The molecule has 2 rings (SSSR count). The minimum absolute atomic E-state index is 0.401. The summed E-state index contributed by atoms with van der Waals surface area (Å²) in [6.07, 6.45) is 0. The van der Waals surface area contributed by atoms with E-state index < -0.39 is 0 Å². The van der Waals surface area contributed by atoms with Crippen molar-refractivity contribution in [2.75, 3.05) is 0 Å². The average molecular weight is 199 g/mol. The normalized spacial score (nSPS) is 10.9. The van der Waals surface area contributed by atoms with Gasteiger partial charge in [-0.15, -0.1) is 0 Å². The Labute approximate surface area is 89.1 Å². The van der Waals surface area contributed by atoms with Gasteiger partial charge in [-0.3, -0.25) is 0 Å².